The first kappa shape index (κ1) is 16.4. The molecule has 1 amide bonds. The van der Waals surface area contributed by atoms with E-state index in [1.165, 1.54) is 0 Å². The van der Waals surface area contributed by atoms with Gasteiger partial charge in [0.15, 0.2) is 0 Å². The molecule has 2 aliphatic rings. The molecule has 2 fully saturated rings. The lowest BCUT2D eigenvalue weighted by molar-refractivity contribution is 0.00578. The molecule has 1 aromatic heterocycles. The minimum atomic E-state index is -0.589. The molecule has 0 aliphatic carbocycles. The summed E-state index contributed by atoms with van der Waals surface area (Å²) < 4.78 is 17.5. The molecule has 0 unspecified atom stereocenters. The quantitative estimate of drug-likeness (QED) is 0.757. The van der Waals surface area contributed by atoms with Crippen LogP contribution in [-0.4, -0.2) is 60.4 Å². The van der Waals surface area contributed by atoms with Crippen molar-refractivity contribution < 1.29 is 18.8 Å². The van der Waals surface area contributed by atoms with Crippen molar-refractivity contribution in [1.29, 1.82) is 0 Å². The number of rotatable bonds is 2. The van der Waals surface area contributed by atoms with E-state index in [2.05, 4.69) is 4.98 Å². The van der Waals surface area contributed by atoms with Crippen molar-refractivity contribution in [2.75, 3.05) is 26.3 Å². The molecule has 0 radical (unpaired) electrons. The third-order valence-corrected chi connectivity index (χ3v) is 4.89. The number of aromatic nitrogens is 1. The van der Waals surface area contributed by atoms with Crippen molar-refractivity contribution in [1.82, 2.24) is 9.88 Å². The predicted molar refractivity (Wildman–Crippen MR) is 86.7 cm³/mol. The largest absolute Gasteiger partial charge is 0.497 e. The van der Waals surface area contributed by atoms with E-state index in [4.69, 9.17) is 14.0 Å². The fraction of sp³-hybridized carbons (Fsp3) is 0.625. The van der Waals surface area contributed by atoms with Crippen molar-refractivity contribution in [3.8, 4) is 0 Å². The van der Waals surface area contributed by atoms with Crippen molar-refractivity contribution in [2.45, 2.75) is 38.9 Å². The molecule has 2 saturated heterocycles. The second kappa shape index (κ2) is 5.89. The molecule has 0 spiro atoms. The molecule has 124 valence electrons. The Morgan fingerprint density at radius 3 is 2.39 bits per heavy atom. The van der Waals surface area contributed by atoms with Crippen molar-refractivity contribution in [3.63, 3.8) is 0 Å². The number of morpholine rings is 1. The number of carbonyl (C=O) groups excluding carboxylic acids is 1. The SMILES string of the molecule is CC1(C)OB(c2cnccc2C(=O)N2CCOCC2)OC1(C)C. The molecule has 3 rings (SSSR count). The number of hydrogen-bond acceptors (Lipinski definition) is 5. The summed E-state index contributed by atoms with van der Waals surface area (Å²) in [7, 11) is -0.589. The van der Waals surface area contributed by atoms with Gasteiger partial charge in [0.05, 0.1) is 24.4 Å². The fourth-order valence-corrected chi connectivity index (χ4v) is 2.70. The molecule has 7 heteroatoms. The van der Waals surface area contributed by atoms with E-state index < -0.39 is 18.3 Å². The van der Waals surface area contributed by atoms with Crippen LogP contribution in [0, 0.1) is 0 Å². The van der Waals surface area contributed by atoms with Crippen LogP contribution in [0.2, 0.25) is 0 Å². The van der Waals surface area contributed by atoms with E-state index in [-0.39, 0.29) is 5.91 Å². The minimum Gasteiger partial charge on any atom is -0.399 e. The van der Waals surface area contributed by atoms with Crippen LogP contribution >= 0.6 is 0 Å². The van der Waals surface area contributed by atoms with Crippen LogP contribution in [0.5, 0.6) is 0 Å². The highest BCUT2D eigenvalue weighted by atomic mass is 16.7. The summed E-state index contributed by atoms with van der Waals surface area (Å²) in [5, 5.41) is 0. The van der Waals surface area contributed by atoms with Gasteiger partial charge in [0.2, 0.25) is 0 Å². The van der Waals surface area contributed by atoms with Gasteiger partial charge in [0.1, 0.15) is 0 Å². The summed E-state index contributed by atoms with van der Waals surface area (Å²) in [5.41, 5.74) is 0.364. The molecule has 2 aliphatic heterocycles. The van der Waals surface area contributed by atoms with E-state index in [1.54, 1.807) is 23.4 Å². The van der Waals surface area contributed by atoms with Crippen LogP contribution in [0.4, 0.5) is 0 Å². The van der Waals surface area contributed by atoms with Crippen LogP contribution in [0.3, 0.4) is 0 Å². The van der Waals surface area contributed by atoms with Gasteiger partial charge < -0.3 is 18.9 Å². The van der Waals surface area contributed by atoms with Gasteiger partial charge in [-0.05, 0) is 33.8 Å². The van der Waals surface area contributed by atoms with Gasteiger partial charge in [-0.3, -0.25) is 9.78 Å². The zero-order chi connectivity index (χ0) is 16.7. The topological polar surface area (TPSA) is 60.9 Å². The van der Waals surface area contributed by atoms with Gasteiger partial charge in [-0.15, -0.1) is 0 Å². The number of hydrogen-bond donors (Lipinski definition) is 0. The first-order valence-corrected chi connectivity index (χ1v) is 7.98. The Hall–Kier alpha value is -1.44. The highest BCUT2D eigenvalue weighted by Crippen LogP contribution is 2.36. The fourth-order valence-electron chi connectivity index (χ4n) is 2.70. The van der Waals surface area contributed by atoms with Gasteiger partial charge in [0, 0.05) is 36.5 Å². The molecule has 1 aromatic rings. The molecule has 3 heterocycles. The van der Waals surface area contributed by atoms with Gasteiger partial charge in [-0.1, -0.05) is 0 Å². The summed E-state index contributed by atoms with van der Waals surface area (Å²) in [6.45, 7) is 10.3. The lowest BCUT2D eigenvalue weighted by Crippen LogP contribution is -2.45. The summed E-state index contributed by atoms with van der Waals surface area (Å²) in [4.78, 5) is 18.8. The van der Waals surface area contributed by atoms with Gasteiger partial charge >= 0.3 is 7.12 Å². The number of ether oxygens (including phenoxy) is 1. The van der Waals surface area contributed by atoms with E-state index in [0.29, 0.717) is 37.3 Å². The first-order chi connectivity index (χ1) is 10.8. The molecule has 23 heavy (non-hydrogen) atoms. The second-order valence-corrected chi connectivity index (χ2v) is 6.96. The van der Waals surface area contributed by atoms with Crippen LogP contribution in [0.15, 0.2) is 18.5 Å². The second-order valence-electron chi connectivity index (χ2n) is 6.96. The summed E-state index contributed by atoms with van der Waals surface area (Å²) in [6.07, 6.45) is 3.29. The van der Waals surface area contributed by atoms with Gasteiger partial charge in [-0.25, -0.2) is 0 Å². The van der Waals surface area contributed by atoms with E-state index >= 15 is 0 Å². The minimum absolute atomic E-state index is 0.0274. The van der Waals surface area contributed by atoms with Crippen LogP contribution in [-0.2, 0) is 14.0 Å². The molecule has 0 N–H and O–H groups in total. The summed E-state index contributed by atoms with van der Waals surface area (Å²) in [6, 6.07) is 1.73. The highest BCUT2D eigenvalue weighted by molar-refractivity contribution is 6.63. The maximum absolute atomic E-state index is 12.8. The average Bonchev–Trinajstić information content (AvgIpc) is 2.75. The Morgan fingerprint density at radius 1 is 1.17 bits per heavy atom. The number of carbonyl (C=O) groups is 1. The number of pyridine rings is 1. The van der Waals surface area contributed by atoms with Crippen LogP contribution < -0.4 is 5.46 Å². The Bertz CT molecular complexity index is 583. The molecule has 0 atom stereocenters. The van der Waals surface area contributed by atoms with E-state index in [1.807, 2.05) is 27.7 Å². The highest BCUT2D eigenvalue weighted by Gasteiger charge is 2.52. The Labute approximate surface area is 137 Å². The number of nitrogens with zero attached hydrogens (tertiary/aromatic N) is 2. The van der Waals surface area contributed by atoms with Crippen molar-refractivity contribution in [3.05, 3.63) is 24.0 Å². The number of amides is 1. The summed E-state index contributed by atoms with van der Waals surface area (Å²) in [5.74, 6) is -0.0274. The standard InChI is InChI=1S/C16H23BN2O4/c1-15(2)16(3,4)23-17(22-15)13-11-18-6-5-12(13)14(20)19-7-9-21-10-8-19/h5-6,11H,7-10H2,1-4H3. The van der Waals surface area contributed by atoms with Crippen LogP contribution in [0.1, 0.15) is 38.1 Å². The third kappa shape index (κ3) is 3.01. The molecule has 0 bridgehead atoms. The molecule has 0 aromatic carbocycles. The van der Waals surface area contributed by atoms with E-state index in [9.17, 15) is 4.79 Å². The molecule has 6 nitrogen and oxygen atoms in total. The average molecular weight is 318 g/mol. The Balaban J connectivity index is 1.88. The van der Waals surface area contributed by atoms with Crippen molar-refractivity contribution >= 4 is 18.5 Å². The van der Waals surface area contributed by atoms with Gasteiger partial charge in [-0.2, -0.15) is 0 Å². The normalized spacial score (nSPS) is 23.1. The zero-order valence-corrected chi connectivity index (χ0v) is 14.2. The zero-order valence-electron chi connectivity index (χ0n) is 14.2. The third-order valence-electron chi connectivity index (χ3n) is 4.89. The Morgan fingerprint density at radius 2 is 1.78 bits per heavy atom. The van der Waals surface area contributed by atoms with Gasteiger partial charge in [0.25, 0.3) is 5.91 Å². The summed E-state index contributed by atoms with van der Waals surface area (Å²) >= 11 is 0. The molecule has 0 saturated carbocycles. The molecular weight excluding hydrogens is 295 g/mol. The van der Waals surface area contributed by atoms with Crippen molar-refractivity contribution in [2.24, 2.45) is 0 Å². The monoisotopic (exact) mass is 318 g/mol. The molecular formula is C16H23BN2O4. The maximum Gasteiger partial charge on any atom is 0.497 e. The van der Waals surface area contributed by atoms with Crippen LogP contribution in [0.25, 0.3) is 0 Å². The predicted octanol–water partition coefficient (Wildman–Crippen LogP) is 0.853. The lowest BCUT2D eigenvalue weighted by Gasteiger charge is -2.32. The lowest BCUT2D eigenvalue weighted by atomic mass is 9.77. The smallest absolute Gasteiger partial charge is 0.399 e. The Kier molecular flexibility index (Phi) is 4.20. The first-order valence-electron chi connectivity index (χ1n) is 7.98. The van der Waals surface area contributed by atoms with E-state index in [0.717, 1.165) is 0 Å². The maximum atomic E-state index is 12.8.